The third-order valence-corrected chi connectivity index (χ3v) is 4.54. The number of likely N-dealkylation sites (tertiary alicyclic amines) is 1. The average Bonchev–Trinajstić information content (AvgIpc) is 2.89. The summed E-state index contributed by atoms with van der Waals surface area (Å²) in [5.41, 5.74) is -0.260. The van der Waals surface area contributed by atoms with Crippen molar-refractivity contribution < 1.29 is 9.53 Å². The number of carbonyl (C=O) groups excluding carboxylic acids is 1. The number of methoxy groups -OCH3 is 1. The Morgan fingerprint density at radius 3 is 2.95 bits per heavy atom. The average molecular weight is 268 g/mol. The van der Waals surface area contributed by atoms with Crippen LogP contribution in [0, 0.1) is 5.92 Å². The van der Waals surface area contributed by atoms with Crippen molar-refractivity contribution in [2.45, 2.75) is 51.0 Å². The molecule has 2 aliphatic rings. The van der Waals surface area contributed by atoms with Crippen LogP contribution in [0.5, 0.6) is 0 Å². The van der Waals surface area contributed by atoms with E-state index in [0.29, 0.717) is 11.8 Å². The number of hydrogen-bond donors (Lipinski definition) is 1. The quantitative estimate of drug-likeness (QED) is 0.826. The highest BCUT2D eigenvalue weighted by atomic mass is 16.5. The molecule has 2 aliphatic heterocycles. The monoisotopic (exact) mass is 268 g/mol. The number of carbonyl (C=O) groups is 1. The topological polar surface area (TPSA) is 41.6 Å². The molecule has 2 saturated heterocycles. The minimum atomic E-state index is -0.260. The molecule has 110 valence electrons. The van der Waals surface area contributed by atoms with Gasteiger partial charge in [-0.3, -0.25) is 4.79 Å². The Kier molecular flexibility index (Phi) is 5.22. The fourth-order valence-electron chi connectivity index (χ4n) is 3.66. The Morgan fingerprint density at radius 1 is 1.47 bits per heavy atom. The number of piperidine rings is 1. The van der Waals surface area contributed by atoms with Crippen molar-refractivity contribution in [3.8, 4) is 0 Å². The van der Waals surface area contributed by atoms with Gasteiger partial charge in [-0.1, -0.05) is 13.3 Å². The normalized spacial score (nSPS) is 31.7. The SMILES string of the molecule is CCCC1(C(=O)N2CCCC(COC)C2)CCCN1. The van der Waals surface area contributed by atoms with Gasteiger partial charge in [0.15, 0.2) is 0 Å². The van der Waals surface area contributed by atoms with Gasteiger partial charge >= 0.3 is 0 Å². The Bertz CT molecular complexity index is 299. The lowest BCUT2D eigenvalue weighted by Gasteiger charge is -2.39. The molecule has 0 bridgehead atoms. The highest BCUT2D eigenvalue weighted by Crippen LogP contribution is 2.29. The molecular weight excluding hydrogens is 240 g/mol. The van der Waals surface area contributed by atoms with Crippen LogP contribution >= 0.6 is 0 Å². The predicted octanol–water partition coefficient (Wildman–Crippen LogP) is 1.79. The summed E-state index contributed by atoms with van der Waals surface area (Å²) in [6.45, 7) is 5.73. The van der Waals surface area contributed by atoms with E-state index in [0.717, 1.165) is 58.3 Å². The molecule has 0 aromatic carbocycles. The highest BCUT2D eigenvalue weighted by Gasteiger charge is 2.43. The lowest BCUT2D eigenvalue weighted by atomic mass is 9.88. The zero-order valence-corrected chi connectivity index (χ0v) is 12.4. The van der Waals surface area contributed by atoms with Crippen LogP contribution < -0.4 is 5.32 Å². The van der Waals surface area contributed by atoms with Gasteiger partial charge in [0.25, 0.3) is 0 Å². The molecular formula is C15H28N2O2. The van der Waals surface area contributed by atoms with E-state index in [1.165, 1.54) is 6.42 Å². The van der Waals surface area contributed by atoms with Crippen molar-refractivity contribution in [1.82, 2.24) is 10.2 Å². The van der Waals surface area contributed by atoms with Crippen LogP contribution in [-0.2, 0) is 9.53 Å². The van der Waals surface area contributed by atoms with Gasteiger partial charge in [0.1, 0.15) is 0 Å². The summed E-state index contributed by atoms with van der Waals surface area (Å²) in [7, 11) is 1.75. The van der Waals surface area contributed by atoms with Crippen LogP contribution in [0.2, 0.25) is 0 Å². The van der Waals surface area contributed by atoms with E-state index in [4.69, 9.17) is 4.74 Å². The van der Waals surface area contributed by atoms with Crippen LogP contribution in [0.4, 0.5) is 0 Å². The molecule has 1 N–H and O–H groups in total. The minimum Gasteiger partial charge on any atom is -0.384 e. The molecule has 0 radical (unpaired) electrons. The molecule has 0 aliphatic carbocycles. The molecule has 2 fully saturated rings. The Labute approximate surface area is 116 Å². The molecule has 0 spiro atoms. The van der Waals surface area contributed by atoms with Gasteiger partial charge in [-0.25, -0.2) is 0 Å². The van der Waals surface area contributed by atoms with Gasteiger partial charge in [0, 0.05) is 20.2 Å². The molecule has 0 aromatic heterocycles. The van der Waals surface area contributed by atoms with E-state index in [1.54, 1.807) is 7.11 Å². The molecule has 2 rings (SSSR count). The maximum atomic E-state index is 12.9. The van der Waals surface area contributed by atoms with Gasteiger partial charge in [-0.15, -0.1) is 0 Å². The van der Waals surface area contributed by atoms with E-state index in [1.807, 2.05) is 0 Å². The molecule has 2 unspecified atom stereocenters. The summed E-state index contributed by atoms with van der Waals surface area (Å²) >= 11 is 0. The summed E-state index contributed by atoms with van der Waals surface area (Å²) in [6, 6.07) is 0. The number of amides is 1. The summed E-state index contributed by atoms with van der Waals surface area (Å²) in [6.07, 6.45) is 6.46. The van der Waals surface area contributed by atoms with Crippen LogP contribution in [-0.4, -0.2) is 49.7 Å². The molecule has 0 saturated carbocycles. The number of nitrogens with one attached hydrogen (secondary N) is 1. The second-order valence-corrected chi connectivity index (χ2v) is 6.08. The van der Waals surface area contributed by atoms with E-state index >= 15 is 0 Å². The smallest absolute Gasteiger partial charge is 0.242 e. The molecule has 4 nitrogen and oxygen atoms in total. The van der Waals surface area contributed by atoms with Crippen molar-refractivity contribution >= 4 is 5.91 Å². The first-order valence-electron chi connectivity index (χ1n) is 7.75. The van der Waals surface area contributed by atoms with Crippen LogP contribution in [0.3, 0.4) is 0 Å². The van der Waals surface area contributed by atoms with Crippen LogP contribution in [0.1, 0.15) is 45.4 Å². The summed E-state index contributed by atoms with van der Waals surface area (Å²) in [5.74, 6) is 0.857. The Balaban J connectivity index is 2.00. The first-order chi connectivity index (χ1) is 9.22. The second-order valence-electron chi connectivity index (χ2n) is 6.08. The van der Waals surface area contributed by atoms with Crippen molar-refractivity contribution in [2.75, 3.05) is 33.4 Å². The van der Waals surface area contributed by atoms with Gasteiger partial charge < -0.3 is 15.0 Å². The third kappa shape index (κ3) is 3.29. The zero-order valence-electron chi connectivity index (χ0n) is 12.4. The van der Waals surface area contributed by atoms with Gasteiger partial charge in [-0.2, -0.15) is 0 Å². The van der Waals surface area contributed by atoms with Crippen molar-refractivity contribution in [3.63, 3.8) is 0 Å². The molecule has 2 heterocycles. The molecule has 19 heavy (non-hydrogen) atoms. The summed E-state index contributed by atoms with van der Waals surface area (Å²) < 4.78 is 5.25. The third-order valence-electron chi connectivity index (χ3n) is 4.54. The number of nitrogens with zero attached hydrogens (tertiary/aromatic N) is 1. The summed E-state index contributed by atoms with van der Waals surface area (Å²) in [5, 5.41) is 3.49. The van der Waals surface area contributed by atoms with Crippen molar-refractivity contribution in [2.24, 2.45) is 5.92 Å². The molecule has 0 aromatic rings. The van der Waals surface area contributed by atoms with Crippen LogP contribution in [0.25, 0.3) is 0 Å². The number of rotatable bonds is 5. The standard InChI is InChI=1S/C15H28N2O2/c1-3-7-15(8-5-9-16-15)14(18)17-10-4-6-13(11-17)12-19-2/h13,16H,3-12H2,1-2H3. The fourth-order valence-corrected chi connectivity index (χ4v) is 3.66. The predicted molar refractivity (Wildman–Crippen MR) is 76.1 cm³/mol. The lowest BCUT2D eigenvalue weighted by molar-refractivity contribution is -0.140. The van der Waals surface area contributed by atoms with E-state index in [2.05, 4.69) is 17.1 Å². The first-order valence-corrected chi connectivity index (χ1v) is 7.75. The van der Waals surface area contributed by atoms with Gasteiger partial charge in [0.05, 0.1) is 12.1 Å². The minimum absolute atomic E-state index is 0.260. The molecule has 1 amide bonds. The molecule has 2 atom stereocenters. The largest absolute Gasteiger partial charge is 0.384 e. The van der Waals surface area contributed by atoms with Gasteiger partial charge in [-0.05, 0) is 44.6 Å². The maximum absolute atomic E-state index is 12.9. The summed E-state index contributed by atoms with van der Waals surface area (Å²) in [4.78, 5) is 15.0. The van der Waals surface area contributed by atoms with Crippen molar-refractivity contribution in [1.29, 1.82) is 0 Å². The van der Waals surface area contributed by atoms with E-state index < -0.39 is 0 Å². The number of hydrogen-bond acceptors (Lipinski definition) is 3. The first kappa shape index (κ1) is 14.8. The van der Waals surface area contributed by atoms with E-state index in [-0.39, 0.29) is 5.54 Å². The molecule has 4 heteroatoms. The number of ether oxygens (including phenoxy) is 1. The van der Waals surface area contributed by atoms with Gasteiger partial charge in [0.2, 0.25) is 5.91 Å². The fraction of sp³-hybridized carbons (Fsp3) is 0.933. The van der Waals surface area contributed by atoms with Crippen molar-refractivity contribution in [3.05, 3.63) is 0 Å². The Hall–Kier alpha value is -0.610. The van der Waals surface area contributed by atoms with E-state index in [9.17, 15) is 4.79 Å². The zero-order chi connectivity index (χ0) is 13.7. The highest BCUT2D eigenvalue weighted by molar-refractivity contribution is 5.86. The second kappa shape index (κ2) is 6.71. The maximum Gasteiger partial charge on any atom is 0.242 e. The lowest BCUT2D eigenvalue weighted by Crippen LogP contribution is -2.57. The van der Waals surface area contributed by atoms with Crippen LogP contribution in [0.15, 0.2) is 0 Å². The Morgan fingerprint density at radius 2 is 2.32 bits per heavy atom.